The molecule has 1 aliphatic heterocycles. The zero-order valence-electron chi connectivity index (χ0n) is 11.6. The van der Waals surface area contributed by atoms with E-state index in [9.17, 15) is 9.18 Å². The van der Waals surface area contributed by atoms with Gasteiger partial charge < -0.3 is 0 Å². The van der Waals surface area contributed by atoms with E-state index in [0.29, 0.717) is 24.0 Å². The third-order valence-electron chi connectivity index (χ3n) is 3.55. The fourth-order valence-electron chi connectivity index (χ4n) is 2.37. The summed E-state index contributed by atoms with van der Waals surface area (Å²) in [7, 11) is 0. The quantitative estimate of drug-likeness (QED) is 0.925. The molecule has 1 amide bonds. The lowest BCUT2D eigenvalue weighted by molar-refractivity contribution is -0.121. The van der Waals surface area contributed by atoms with Crippen molar-refractivity contribution in [3.63, 3.8) is 0 Å². The van der Waals surface area contributed by atoms with Crippen LogP contribution in [0.15, 0.2) is 47.6 Å². The lowest BCUT2D eigenvalue weighted by atomic mass is 9.98. The zero-order chi connectivity index (χ0) is 15.5. The summed E-state index contributed by atoms with van der Waals surface area (Å²) in [5.41, 5.74) is 5.26. The highest BCUT2D eigenvalue weighted by Crippen LogP contribution is 2.25. The van der Waals surface area contributed by atoms with Gasteiger partial charge in [0.25, 0.3) is 0 Å². The van der Waals surface area contributed by atoms with Gasteiger partial charge in [-0.15, -0.1) is 0 Å². The van der Waals surface area contributed by atoms with Crippen LogP contribution in [0.25, 0.3) is 11.1 Å². The Balaban J connectivity index is 1.93. The van der Waals surface area contributed by atoms with Crippen LogP contribution in [0.1, 0.15) is 24.0 Å². The van der Waals surface area contributed by atoms with Crippen molar-refractivity contribution in [1.82, 2.24) is 5.43 Å². The van der Waals surface area contributed by atoms with E-state index in [1.807, 2.05) is 18.2 Å². The molecule has 0 saturated carbocycles. The molecule has 4 nitrogen and oxygen atoms in total. The maximum absolute atomic E-state index is 14.2. The number of hydrogen-bond acceptors (Lipinski definition) is 3. The Morgan fingerprint density at radius 1 is 1.09 bits per heavy atom. The molecule has 1 heterocycles. The van der Waals surface area contributed by atoms with Crippen molar-refractivity contribution in [1.29, 1.82) is 5.26 Å². The van der Waals surface area contributed by atoms with Crippen LogP contribution in [0, 0.1) is 17.1 Å². The van der Waals surface area contributed by atoms with Gasteiger partial charge in [0.15, 0.2) is 0 Å². The number of nitrogens with zero attached hydrogens (tertiary/aromatic N) is 2. The summed E-state index contributed by atoms with van der Waals surface area (Å²) in [5.74, 6) is -0.601. The second-order valence-electron chi connectivity index (χ2n) is 4.95. The molecule has 3 rings (SSSR count). The van der Waals surface area contributed by atoms with Gasteiger partial charge in [0.1, 0.15) is 11.9 Å². The third-order valence-corrected chi connectivity index (χ3v) is 3.55. The average Bonchev–Trinajstić information content (AvgIpc) is 2.56. The van der Waals surface area contributed by atoms with Crippen molar-refractivity contribution >= 4 is 11.6 Å². The van der Waals surface area contributed by atoms with Crippen LogP contribution >= 0.6 is 0 Å². The lowest BCUT2D eigenvalue weighted by Crippen LogP contribution is -2.25. The van der Waals surface area contributed by atoms with Crippen molar-refractivity contribution in [2.45, 2.75) is 12.8 Å². The fourth-order valence-corrected chi connectivity index (χ4v) is 2.37. The minimum absolute atomic E-state index is 0.0287. The number of halogens is 1. The molecule has 108 valence electrons. The number of nitriles is 1. The first-order valence-electron chi connectivity index (χ1n) is 6.84. The third kappa shape index (κ3) is 2.59. The number of carbonyl (C=O) groups is 1. The Morgan fingerprint density at radius 2 is 1.82 bits per heavy atom. The van der Waals surface area contributed by atoms with Gasteiger partial charge in [0.2, 0.25) is 5.91 Å². The molecule has 1 N–H and O–H groups in total. The summed E-state index contributed by atoms with van der Waals surface area (Å²) in [6.45, 7) is 0. The van der Waals surface area contributed by atoms with Gasteiger partial charge in [-0.25, -0.2) is 9.82 Å². The lowest BCUT2D eigenvalue weighted by Gasteiger charge is -2.12. The summed E-state index contributed by atoms with van der Waals surface area (Å²) in [4.78, 5) is 11.1. The molecule has 22 heavy (non-hydrogen) atoms. The van der Waals surface area contributed by atoms with Crippen molar-refractivity contribution in [2.75, 3.05) is 0 Å². The molecular weight excluding hydrogens is 281 g/mol. The molecular formula is C17H12FN3O. The number of carbonyl (C=O) groups excluding carboxylic acids is 1. The van der Waals surface area contributed by atoms with Gasteiger partial charge in [0, 0.05) is 18.4 Å². The Bertz CT molecular complexity index is 804. The van der Waals surface area contributed by atoms with Gasteiger partial charge in [-0.3, -0.25) is 4.79 Å². The van der Waals surface area contributed by atoms with E-state index >= 15 is 0 Å². The van der Waals surface area contributed by atoms with E-state index in [-0.39, 0.29) is 11.5 Å². The van der Waals surface area contributed by atoms with Gasteiger partial charge in [-0.1, -0.05) is 36.4 Å². The number of rotatable bonds is 2. The molecule has 0 bridgehead atoms. The molecule has 0 saturated heterocycles. The van der Waals surface area contributed by atoms with Crippen LogP contribution in [0.4, 0.5) is 4.39 Å². The Labute approximate surface area is 126 Å². The van der Waals surface area contributed by atoms with Crippen molar-refractivity contribution in [3.8, 4) is 17.2 Å². The molecule has 0 unspecified atom stereocenters. The van der Waals surface area contributed by atoms with E-state index in [2.05, 4.69) is 10.5 Å². The topological polar surface area (TPSA) is 65.2 Å². The summed E-state index contributed by atoms with van der Waals surface area (Å²) >= 11 is 0. The maximum atomic E-state index is 14.2. The standard InChI is InChI=1S/C17H12FN3O/c18-17-13(10-19)2-1-3-14(17)11-4-6-12(7-5-11)15-8-9-16(22)21-20-15/h1-7H,8-9H2,(H,21,22). The van der Waals surface area contributed by atoms with E-state index in [1.54, 1.807) is 24.3 Å². The summed E-state index contributed by atoms with van der Waals surface area (Å²) < 4.78 is 14.2. The highest BCUT2D eigenvalue weighted by atomic mass is 19.1. The fraction of sp³-hybridized carbons (Fsp3) is 0.118. The predicted octanol–water partition coefficient (Wildman–Crippen LogP) is 2.98. The normalized spacial score (nSPS) is 14.0. The molecule has 1 aliphatic rings. The van der Waals surface area contributed by atoms with Crippen LogP contribution in [-0.4, -0.2) is 11.6 Å². The monoisotopic (exact) mass is 293 g/mol. The van der Waals surface area contributed by atoms with Crippen LogP contribution in [-0.2, 0) is 4.79 Å². The van der Waals surface area contributed by atoms with Gasteiger partial charge in [-0.05, 0) is 17.2 Å². The Kier molecular flexibility index (Phi) is 3.67. The second-order valence-corrected chi connectivity index (χ2v) is 4.95. The molecule has 0 spiro atoms. The first-order valence-corrected chi connectivity index (χ1v) is 6.84. The van der Waals surface area contributed by atoms with E-state index in [4.69, 9.17) is 5.26 Å². The highest BCUT2D eigenvalue weighted by Gasteiger charge is 2.14. The van der Waals surface area contributed by atoms with Crippen molar-refractivity contribution in [2.24, 2.45) is 5.10 Å². The second kappa shape index (κ2) is 5.78. The molecule has 0 aromatic heterocycles. The highest BCUT2D eigenvalue weighted by molar-refractivity contribution is 6.04. The SMILES string of the molecule is N#Cc1cccc(-c2ccc(C3=NNC(=O)CC3)cc2)c1F. The summed E-state index contributed by atoms with van der Waals surface area (Å²) in [6, 6.07) is 13.8. The molecule has 0 fully saturated rings. The van der Waals surface area contributed by atoms with Crippen LogP contribution in [0.5, 0.6) is 0 Å². The summed E-state index contributed by atoms with van der Waals surface area (Å²) in [5, 5.41) is 12.9. The van der Waals surface area contributed by atoms with E-state index < -0.39 is 5.82 Å². The van der Waals surface area contributed by atoms with Crippen molar-refractivity contribution < 1.29 is 9.18 Å². The van der Waals surface area contributed by atoms with Gasteiger partial charge >= 0.3 is 0 Å². The smallest absolute Gasteiger partial charge is 0.240 e. The van der Waals surface area contributed by atoms with E-state index in [0.717, 1.165) is 11.3 Å². The van der Waals surface area contributed by atoms with Crippen LogP contribution in [0.2, 0.25) is 0 Å². The minimum Gasteiger partial charge on any atom is -0.273 e. The predicted molar refractivity (Wildman–Crippen MR) is 80.5 cm³/mol. The Hall–Kier alpha value is -3.00. The van der Waals surface area contributed by atoms with Crippen LogP contribution < -0.4 is 5.43 Å². The number of amides is 1. The molecule has 0 aliphatic carbocycles. The molecule has 0 atom stereocenters. The van der Waals surface area contributed by atoms with Gasteiger partial charge in [-0.2, -0.15) is 10.4 Å². The molecule has 2 aromatic carbocycles. The number of benzene rings is 2. The van der Waals surface area contributed by atoms with Crippen molar-refractivity contribution in [3.05, 3.63) is 59.4 Å². The average molecular weight is 293 g/mol. The zero-order valence-corrected chi connectivity index (χ0v) is 11.6. The first-order chi connectivity index (χ1) is 10.7. The largest absolute Gasteiger partial charge is 0.273 e. The number of nitrogens with one attached hydrogen (secondary N) is 1. The molecule has 0 radical (unpaired) electrons. The van der Waals surface area contributed by atoms with Gasteiger partial charge in [0.05, 0.1) is 11.3 Å². The molecule has 2 aromatic rings. The minimum atomic E-state index is -0.514. The molecule has 5 heteroatoms. The Morgan fingerprint density at radius 3 is 2.45 bits per heavy atom. The van der Waals surface area contributed by atoms with Crippen LogP contribution in [0.3, 0.4) is 0 Å². The number of hydrogen-bond donors (Lipinski definition) is 1. The first kappa shape index (κ1) is 14.0. The number of hydrazone groups is 1. The maximum Gasteiger partial charge on any atom is 0.240 e. The van der Waals surface area contributed by atoms with E-state index in [1.165, 1.54) is 6.07 Å². The summed E-state index contributed by atoms with van der Waals surface area (Å²) in [6.07, 6.45) is 1.00.